The van der Waals surface area contributed by atoms with E-state index in [9.17, 15) is 18.0 Å². The SMILES string of the molecule is COC/C(=N\OCc1c(Cl)cccc1/C(=N\OC)C(=O)OC)c1ccc(F)c(F)c1F. The number of methoxy groups -OCH3 is 2. The summed E-state index contributed by atoms with van der Waals surface area (Å²) in [5.41, 5.74) is -0.0817. The molecule has 2 rings (SSSR count). The normalized spacial score (nSPS) is 12.0. The number of hydrogen-bond acceptors (Lipinski definition) is 7. The number of oxime groups is 2. The fraction of sp³-hybridized carbons (Fsp3) is 0.250. The summed E-state index contributed by atoms with van der Waals surface area (Å²) in [6, 6.07) is 6.42. The van der Waals surface area contributed by atoms with Gasteiger partial charge in [0.05, 0.1) is 13.7 Å². The number of hydrogen-bond donors (Lipinski definition) is 0. The third kappa shape index (κ3) is 5.74. The molecule has 0 saturated heterocycles. The molecule has 0 aliphatic carbocycles. The van der Waals surface area contributed by atoms with Crippen molar-refractivity contribution in [3.8, 4) is 0 Å². The number of carbonyl (C=O) groups excluding carboxylic acids is 1. The summed E-state index contributed by atoms with van der Waals surface area (Å²) in [6.45, 7) is -0.539. The van der Waals surface area contributed by atoms with Crippen LogP contribution in [0.2, 0.25) is 5.02 Å². The van der Waals surface area contributed by atoms with Crippen LogP contribution in [0.1, 0.15) is 16.7 Å². The molecular weight excluding hydrogens is 441 g/mol. The molecule has 0 fully saturated rings. The number of rotatable bonds is 9. The van der Waals surface area contributed by atoms with E-state index >= 15 is 0 Å². The Kier molecular flexibility index (Phi) is 8.83. The van der Waals surface area contributed by atoms with Crippen LogP contribution in [0.25, 0.3) is 0 Å². The summed E-state index contributed by atoms with van der Waals surface area (Å²) in [4.78, 5) is 22.0. The molecule has 0 aliphatic heterocycles. The predicted octanol–water partition coefficient (Wildman–Crippen LogP) is 3.85. The summed E-state index contributed by atoms with van der Waals surface area (Å²) in [7, 11) is 3.73. The minimum Gasteiger partial charge on any atom is -0.464 e. The van der Waals surface area contributed by atoms with E-state index in [0.29, 0.717) is 5.56 Å². The Labute approximate surface area is 181 Å². The topological polar surface area (TPSA) is 78.7 Å². The monoisotopic (exact) mass is 458 g/mol. The van der Waals surface area contributed by atoms with Gasteiger partial charge in [-0.15, -0.1) is 0 Å². The quantitative estimate of drug-likeness (QED) is 0.247. The van der Waals surface area contributed by atoms with Crippen molar-refractivity contribution in [2.75, 3.05) is 27.9 Å². The van der Waals surface area contributed by atoms with E-state index in [1.165, 1.54) is 27.4 Å². The molecule has 0 aliphatic rings. The highest BCUT2D eigenvalue weighted by atomic mass is 35.5. The lowest BCUT2D eigenvalue weighted by Crippen LogP contribution is -2.20. The van der Waals surface area contributed by atoms with E-state index in [1.54, 1.807) is 12.1 Å². The molecule has 2 aromatic rings. The number of benzene rings is 2. The van der Waals surface area contributed by atoms with Gasteiger partial charge in [0.25, 0.3) is 0 Å². The largest absolute Gasteiger partial charge is 0.464 e. The fourth-order valence-electron chi connectivity index (χ4n) is 2.53. The molecule has 0 atom stereocenters. The molecule has 7 nitrogen and oxygen atoms in total. The van der Waals surface area contributed by atoms with Crippen molar-refractivity contribution < 1.29 is 37.1 Å². The maximum atomic E-state index is 14.1. The van der Waals surface area contributed by atoms with E-state index in [1.807, 2.05) is 0 Å². The van der Waals surface area contributed by atoms with Gasteiger partial charge in [-0.05, 0) is 18.2 Å². The highest BCUT2D eigenvalue weighted by Crippen LogP contribution is 2.23. The van der Waals surface area contributed by atoms with Gasteiger partial charge in [-0.1, -0.05) is 34.0 Å². The Hall–Kier alpha value is -3.11. The van der Waals surface area contributed by atoms with Crippen molar-refractivity contribution in [3.05, 3.63) is 69.5 Å². The van der Waals surface area contributed by atoms with Crippen molar-refractivity contribution in [2.45, 2.75) is 6.61 Å². The predicted molar refractivity (Wildman–Crippen MR) is 107 cm³/mol. The first-order valence-corrected chi connectivity index (χ1v) is 9.02. The van der Waals surface area contributed by atoms with Gasteiger partial charge in [0.1, 0.15) is 19.4 Å². The molecule has 0 amide bonds. The van der Waals surface area contributed by atoms with Crippen LogP contribution in [0, 0.1) is 17.5 Å². The molecule has 0 radical (unpaired) electrons. The second kappa shape index (κ2) is 11.3. The number of nitrogens with zero attached hydrogens (tertiary/aromatic N) is 2. The van der Waals surface area contributed by atoms with Crippen molar-refractivity contribution >= 4 is 29.0 Å². The van der Waals surface area contributed by atoms with Crippen molar-refractivity contribution in [1.82, 2.24) is 0 Å². The molecular formula is C20H18ClF3N2O5. The van der Waals surface area contributed by atoms with Gasteiger partial charge in [-0.2, -0.15) is 0 Å². The standard InChI is InChI=1S/C20H18ClF3N2O5/c1-28-10-16(12-7-8-15(22)18(24)17(12)23)25-31-9-13-11(5-4-6-14(13)21)19(26-30-3)20(27)29-2/h4-8H,9-10H2,1-3H3/b25-16+,26-19+. The molecule has 0 aromatic heterocycles. The zero-order chi connectivity index (χ0) is 23.0. The van der Waals surface area contributed by atoms with Crippen molar-refractivity contribution in [2.24, 2.45) is 10.3 Å². The van der Waals surface area contributed by atoms with E-state index in [0.717, 1.165) is 12.1 Å². The van der Waals surface area contributed by atoms with Gasteiger partial charge in [-0.25, -0.2) is 18.0 Å². The lowest BCUT2D eigenvalue weighted by molar-refractivity contribution is -0.132. The average Bonchev–Trinajstić information content (AvgIpc) is 2.76. The van der Waals surface area contributed by atoms with Crippen LogP contribution in [-0.2, 0) is 30.6 Å². The minimum absolute atomic E-state index is 0.133. The van der Waals surface area contributed by atoms with E-state index in [2.05, 4.69) is 10.3 Å². The van der Waals surface area contributed by atoms with Gasteiger partial charge < -0.3 is 19.1 Å². The minimum atomic E-state index is -1.65. The Morgan fingerprint density at radius 1 is 1.00 bits per heavy atom. The van der Waals surface area contributed by atoms with E-state index < -0.39 is 23.4 Å². The zero-order valence-electron chi connectivity index (χ0n) is 16.7. The molecule has 31 heavy (non-hydrogen) atoms. The Morgan fingerprint density at radius 3 is 2.39 bits per heavy atom. The van der Waals surface area contributed by atoms with Gasteiger partial charge in [0.15, 0.2) is 23.2 Å². The van der Waals surface area contributed by atoms with E-state index in [4.69, 9.17) is 30.7 Å². The van der Waals surface area contributed by atoms with Crippen LogP contribution in [-0.4, -0.2) is 45.3 Å². The zero-order valence-corrected chi connectivity index (χ0v) is 17.5. The number of esters is 1. The van der Waals surface area contributed by atoms with Crippen LogP contribution in [0.15, 0.2) is 40.6 Å². The van der Waals surface area contributed by atoms with Crippen LogP contribution >= 0.6 is 11.6 Å². The maximum absolute atomic E-state index is 14.1. The van der Waals surface area contributed by atoms with Crippen LogP contribution in [0.3, 0.4) is 0 Å². The van der Waals surface area contributed by atoms with Gasteiger partial charge in [0, 0.05) is 28.8 Å². The van der Waals surface area contributed by atoms with Gasteiger partial charge in [0.2, 0.25) is 0 Å². The Bertz CT molecular complexity index is 1010. The van der Waals surface area contributed by atoms with Crippen molar-refractivity contribution in [3.63, 3.8) is 0 Å². The Balaban J connectivity index is 2.39. The molecule has 0 saturated carbocycles. The first-order chi connectivity index (χ1) is 14.8. The maximum Gasteiger partial charge on any atom is 0.360 e. The average molecular weight is 459 g/mol. The second-order valence-corrected chi connectivity index (χ2v) is 6.25. The number of halogens is 4. The molecule has 11 heteroatoms. The van der Waals surface area contributed by atoms with E-state index in [-0.39, 0.29) is 40.8 Å². The molecule has 0 unspecified atom stereocenters. The lowest BCUT2D eigenvalue weighted by Gasteiger charge is -2.12. The number of ether oxygens (including phenoxy) is 2. The summed E-state index contributed by atoms with van der Waals surface area (Å²) in [5.74, 6) is -5.20. The van der Waals surface area contributed by atoms with Gasteiger partial charge >= 0.3 is 5.97 Å². The molecule has 166 valence electrons. The Morgan fingerprint density at radius 2 is 1.74 bits per heavy atom. The first kappa shape index (κ1) is 24.2. The smallest absolute Gasteiger partial charge is 0.360 e. The molecule has 0 N–H and O–H groups in total. The molecule has 0 bridgehead atoms. The molecule has 2 aromatic carbocycles. The highest BCUT2D eigenvalue weighted by Gasteiger charge is 2.22. The fourth-order valence-corrected chi connectivity index (χ4v) is 2.75. The molecule has 0 heterocycles. The lowest BCUT2D eigenvalue weighted by atomic mass is 10.0. The van der Waals surface area contributed by atoms with Crippen LogP contribution in [0.4, 0.5) is 13.2 Å². The molecule has 0 spiro atoms. The first-order valence-electron chi connectivity index (χ1n) is 8.64. The summed E-state index contributed by atoms with van der Waals surface area (Å²) in [6.07, 6.45) is 0. The third-order valence-electron chi connectivity index (χ3n) is 3.95. The summed E-state index contributed by atoms with van der Waals surface area (Å²) < 4.78 is 50.5. The number of carbonyl (C=O) groups is 1. The summed E-state index contributed by atoms with van der Waals surface area (Å²) in [5, 5.41) is 7.66. The van der Waals surface area contributed by atoms with Crippen molar-refractivity contribution in [1.29, 1.82) is 0 Å². The summed E-state index contributed by atoms with van der Waals surface area (Å²) >= 11 is 6.23. The third-order valence-corrected chi connectivity index (χ3v) is 4.30. The highest BCUT2D eigenvalue weighted by molar-refractivity contribution is 6.44. The second-order valence-electron chi connectivity index (χ2n) is 5.85. The van der Waals surface area contributed by atoms with Crippen LogP contribution in [0.5, 0.6) is 0 Å². The van der Waals surface area contributed by atoms with Gasteiger partial charge in [-0.3, -0.25) is 0 Å². The van der Waals surface area contributed by atoms with Crippen LogP contribution < -0.4 is 0 Å².